The number of rotatable bonds is 5. The van der Waals surface area contributed by atoms with Gasteiger partial charge in [-0.05, 0) is 110 Å². The Morgan fingerprint density at radius 1 is 0.939 bits per heavy atom. The number of carbonyl (C=O) groups is 1. The van der Waals surface area contributed by atoms with Crippen molar-refractivity contribution in [3.63, 3.8) is 0 Å². The van der Waals surface area contributed by atoms with Crippen LogP contribution in [-0.2, 0) is 9.53 Å². The third-order valence-electron chi connectivity index (χ3n) is 12.1. The summed E-state index contributed by atoms with van der Waals surface area (Å²) in [6.45, 7) is 16.7. The van der Waals surface area contributed by atoms with Gasteiger partial charge in [0.15, 0.2) is 0 Å². The fourth-order valence-corrected chi connectivity index (χ4v) is 10.4. The Balaban J connectivity index is 1.28. The van der Waals surface area contributed by atoms with Gasteiger partial charge in [-0.1, -0.05) is 60.5 Å². The second kappa shape index (κ2) is 8.41. The van der Waals surface area contributed by atoms with E-state index >= 15 is 0 Å². The predicted molar refractivity (Wildman–Crippen MR) is 136 cm³/mol. The largest absolute Gasteiger partial charge is 0.455 e. The van der Waals surface area contributed by atoms with Gasteiger partial charge in [-0.15, -0.1) is 0 Å². The van der Waals surface area contributed by atoms with E-state index in [4.69, 9.17) is 4.74 Å². The van der Waals surface area contributed by atoms with Crippen molar-refractivity contribution in [1.29, 1.82) is 0 Å². The van der Waals surface area contributed by atoms with Gasteiger partial charge in [0.1, 0.15) is 5.60 Å². The van der Waals surface area contributed by atoms with E-state index in [2.05, 4.69) is 41.2 Å². The summed E-state index contributed by atoms with van der Waals surface area (Å²) >= 11 is 0. The summed E-state index contributed by atoms with van der Waals surface area (Å²) in [6.07, 6.45) is 17.1. The van der Waals surface area contributed by atoms with Crippen LogP contribution >= 0.6 is 0 Å². The van der Waals surface area contributed by atoms with Gasteiger partial charge in [0, 0.05) is 12.0 Å². The summed E-state index contributed by atoms with van der Waals surface area (Å²) in [4.78, 5) is 12.1. The molecule has 0 aromatic heterocycles. The van der Waals surface area contributed by atoms with Crippen molar-refractivity contribution in [3.8, 4) is 0 Å². The van der Waals surface area contributed by atoms with Crippen LogP contribution in [0, 0.1) is 52.3 Å². The van der Waals surface area contributed by atoms with Gasteiger partial charge in [-0.25, -0.2) is 4.79 Å². The average Bonchev–Trinajstić information content (AvgIpc) is 3.24. The molecule has 1 spiro atoms. The summed E-state index contributed by atoms with van der Waals surface area (Å²) in [5.74, 6) is 6.06. The maximum Gasteiger partial charge on any atom is 0.334 e. The Bertz CT molecular complexity index is 766. The first-order valence-corrected chi connectivity index (χ1v) is 14.5. The molecule has 5 rings (SSSR count). The minimum absolute atomic E-state index is 0.125. The Kier molecular flexibility index (Phi) is 6.10. The number of hydrogen-bond acceptors (Lipinski definition) is 2. The van der Waals surface area contributed by atoms with Crippen LogP contribution in [-0.4, -0.2) is 11.6 Å². The van der Waals surface area contributed by atoms with Gasteiger partial charge in [0.05, 0.1) is 0 Å². The highest BCUT2D eigenvalue weighted by atomic mass is 16.6. The number of esters is 1. The van der Waals surface area contributed by atoms with Crippen molar-refractivity contribution >= 4 is 5.97 Å². The summed E-state index contributed by atoms with van der Waals surface area (Å²) in [5.41, 5.74) is 1.53. The predicted octanol–water partition coefficient (Wildman–Crippen LogP) is 8.35. The summed E-state index contributed by atoms with van der Waals surface area (Å²) in [6, 6.07) is 0. The molecule has 186 valence electrons. The molecule has 2 unspecified atom stereocenters. The van der Waals surface area contributed by atoms with Crippen LogP contribution in [0.4, 0.5) is 0 Å². The van der Waals surface area contributed by atoms with Crippen LogP contribution in [0.5, 0.6) is 0 Å². The Labute approximate surface area is 203 Å². The van der Waals surface area contributed by atoms with Crippen molar-refractivity contribution in [2.75, 3.05) is 0 Å². The number of hydrogen-bond donors (Lipinski definition) is 0. The number of carbonyl (C=O) groups excluding carboxylic acids is 1. The molecule has 1 heterocycles. The van der Waals surface area contributed by atoms with Gasteiger partial charge in [0.2, 0.25) is 0 Å². The molecule has 2 nitrogen and oxygen atoms in total. The molecule has 33 heavy (non-hydrogen) atoms. The van der Waals surface area contributed by atoms with Gasteiger partial charge in [-0.3, -0.25) is 0 Å². The van der Waals surface area contributed by atoms with Crippen LogP contribution < -0.4 is 0 Å². The van der Waals surface area contributed by atoms with E-state index in [1.165, 1.54) is 64.2 Å². The summed E-state index contributed by atoms with van der Waals surface area (Å²) in [5, 5.41) is 0. The molecule has 0 aromatic carbocycles. The first-order chi connectivity index (χ1) is 15.6. The molecule has 2 heteroatoms. The highest BCUT2D eigenvalue weighted by molar-refractivity contribution is 5.90. The number of fused-ring (bicyclic) bond motifs is 5. The van der Waals surface area contributed by atoms with Gasteiger partial charge in [0.25, 0.3) is 0 Å². The van der Waals surface area contributed by atoms with E-state index < -0.39 is 0 Å². The highest BCUT2D eigenvalue weighted by Gasteiger charge is 2.62. The Hall–Kier alpha value is -0.790. The average molecular weight is 455 g/mol. The molecule has 9 atom stereocenters. The lowest BCUT2D eigenvalue weighted by atomic mass is 9.43. The van der Waals surface area contributed by atoms with E-state index in [0.717, 1.165) is 60.7 Å². The van der Waals surface area contributed by atoms with Crippen LogP contribution in [0.2, 0.25) is 0 Å². The topological polar surface area (TPSA) is 26.3 Å². The smallest absolute Gasteiger partial charge is 0.334 e. The fraction of sp³-hybridized carbons (Fsp3) is 0.903. The molecule has 4 aliphatic carbocycles. The van der Waals surface area contributed by atoms with Crippen LogP contribution in [0.3, 0.4) is 0 Å². The minimum Gasteiger partial charge on any atom is -0.455 e. The van der Waals surface area contributed by atoms with E-state index in [0.29, 0.717) is 16.4 Å². The van der Waals surface area contributed by atoms with Crippen molar-refractivity contribution in [2.45, 2.75) is 124 Å². The van der Waals surface area contributed by atoms with Gasteiger partial charge < -0.3 is 4.74 Å². The molecule has 5 fully saturated rings. The first-order valence-electron chi connectivity index (χ1n) is 14.5. The third-order valence-corrected chi connectivity index (χ3v) is 12.1. The Morgan fingerprint density at radius 2 is 1.70 bits per heavy atom. The zero-order valence-corrected chi connectivity index (χ0v) is 22.3. The Morgan fingerprint density at radius 3 is 2.39 bits per heavy atom. The molecular formula is C31H50O2. The second-order valence-electron chi connectivity index (χ2n) is 14.2. The molecule has 4 saturated carbocycles. The molecule has 1 saturated heterocycles. The van der Waals surface area contributed by atoms with E-state index in [-0.39, 0.29) is 11.6 Å². The van der Waals surface area contributed by atoms with Crippen molar-refractivity contribution in [1.82, 2.24) is 0 Å². The fourth-order valence-electron chi connectivity index (χ4n) is 10.4. The van der Waals surface area contributed by atoms with Crippen molar-refractivity contribution < 1.29 is 9.53 Å². The minimum atomic E-state index is -0.210. The third kappa shape index (κ3) is 3.85. The lowest BCUT2D eigenvalue weighted by Gasteiger charge is -2.62. The highest BCUT2D eigenvalue weighted by Crippen LogP contribution is 2.69. The maximum absolute atomic E-state index is 12.1. The monoisotopic (exact) mass is 454 g/mol. The molecule has 0 aromatic rings. The molecule has 5 aliphatic rings. The molecule has 0 amide bonds. The van der Waals surface area contributed by atoms with Crippen molar-refractivity contribution in [2.24, 2.45) is 52.3 Å². The molecule has 0 bridgehead atoms. The van der Waals surface area contributed by atoms with Crippen LogP contribution in [0.15, 0.2) is 12.2 Å². The van der Waals surface area contributed by atoms with E-state index in [1.54, 1.807) is 0 Å². The maximum atomic E-state index is 12.1. The number of ether oxygens (including phenoxy) is 1. The lowest BCUT2D eigenvalue weighted by molar-refractivity contribution is -0.170. The first kappa shape index (κ1) is 23.9. The summed E-state index contributed by atoms with van der Waals surface area (Å²) < 4.78 is 5.97. The van der Waals surface area contributed by atoms with E-state index in [1.807, 2.05) is 0 Å². The van der Waals surface area contributed by atoms with Crippen molar-refractivity contribution in [3.05, 3.63) is 12.2 Å². The second-order valence-corrected chi connectivity index (χ2v) is 14.2. The zero-order chi connectivity index (χ0) is 23.6. The quantitative estimate of drug-likeness (QED) is 0.308. The lowest BCUT2D eigenvalue weighted by Crippen LogP contribution is -2.56. The SMILES string of the molecule is C=C1CC2(CC[C@@]3(C)C(CC[C@H]4[C@@H]5CC[C@H]([C@H](C)CCCC(C)C)[C@@]5(C)CC[C@@H]43)C2)OC1=O. The van der Waals surface area contributed by atoms with E-state index in [9.17, 15) is 4.79 Å². The van der Waals surface area contributed by atoms with Crippen LogP contribution in [0.25, 0.3) is 0 Å². The standard InChI is InChI=1S/C31H50O2/c1-20(2)8-7-9-21(3)25-12-13-26-24-11-10-23-19-31(18-22(4)28(32)33-31)17-16-29(23,5)27(24)14-15-30(25,26)6/h20-21,23-27H,4,7-19H2,1-3,5-6H3/t21-,23?,24+,25-,26+,27+,29+,30-,31?/m1/s1. The van der Waals surface area contributed by atoms with Crippen LogP contribution in [0.1, 0.15) is 118 Å². The zero-order valence-electron chi connectivity index (χ0n) is 22.3. The normalized spacial score (nSPS) is 47.9. The molecule has 0 radical (unpaired) electrons. The molecule has 1 aliphatic heterocycles. The van der Waals surface area contributed by atoms with Gasteiger partial charge in [-0.2, -0.15) is 0 Å². The summed E-state index contributed by atoms with van der Waals surface area (Å²) in [7, 11) is 0. The molecular weight excluding hydrogens is 404 g/mol. The van der Waals surface area contributed by atoms with Gasteiger partial charge >= 0.3 is 5.97 Å². The molecule has 0 N–H and O–H groups in total.